The molecule has 4 N–H and O–H groups in total. The van der Waals surface area contributed by atoms with E-state index in [1.807, 2.05) is 18.2 Å². The third-order valence-electron chi connectivity index (χ3n) is 2.07. The number of aromatic amines is 2. The van der Waals surface area contributed by atoms with Gasteiger partial charge in [0.1, 0.15) is 6.33 Å². The van der Waals surface area contributed by atoms with E-state index in [1.165, 1.54) is 18.1 Å². The largest absolute Gasteiger partial charge is 0.399 e. The van der Waals surface area contributed by atoms with Crippen LogP contribution in [0.3, 0.4) is 0 Å². The van der Waals surface area contributed by atoms with E-state index in [2.05, 4.69) is 25.1 Å². The highest BCUT2D eigenvalue weighted by Crippen LogP contribution is 2.24. The summed E-state index contributed by atoms with van der Waals surface area (Å²) in [6.07, 6.45) is 1.46. The van der Waals surface area contributed by atoms with Gasteiger partial charge in [0.15, 0.2) is 10.3 Å². The van der Waals surface area contributed by atoms with Crippen LogP contribution in [0.2, 0.25) is 0 Å². The molecule has 0 aliphatic carbocycles. The van der Waals surface area contributed by atoms with Gasteiger partial charge in [-0.2, -0.15) is 5.10 Å². The highest BCUT2D eigenvalue weighted by Gasteiger charge is 2.06. The fourth-order valence-corrected chi connectivity index (χ4v) is 2.07. The van der Waals surface area contributed by atoms with Crippen LogP contribution in [0, 0.1) is 0 Å². The summed E-state index contributed by atoms with van der Waals surface area (Å²) in [7, 11) is 0. The number of fused-ring (bicyclic) bond motifs is 1. The van der Waals surface area contributed by atoms with Crippen molar-refractivity contribution in [3.05, 3.63) is 24.5 Å². The molecule has 0 atom stereocenters. The average Bonchev–Trinajstić information content (AvgIpc) is 2.86. The van der Waals surface area contributed by atoms with Crippen LogP contribution >= 0.6 is 11.8 Å². The van der Waals surface area contributed by atoms with Crippen LogP contribution in [-0.2, 0) is 0 Å². The molecule has 0 saturated carbocycles. The maximum atomic E-state index is 5.69. The first-order valence-electron chi connectivity index (χ1n) is 4.60. The Labute approximate surface area is 94.7 Å². The lowest BCUT2D eigenvalue weighted by atomic mass is 10.3. The molecule has 1 aromatic carbocycles. The lowest BCUT2D eigenvalue weighted by Crippen LogP contribution is -1.82. The van der Waals surface area contributed by atoms with E-state index in [-0.39, 0.29) is 0 Å². The van der Waals surface area contributed by atoms with Crippen LogP contribution in [0.15, 0.2) is 34.8 Å². The van der Waals surface area contributed by atoms with Crippen molar-refractivity contribution in [1.82, 2.24) is 25.1 Å². The number of hydrogen-bond acceptors (Lipinski definition) is 5. The number of nitrogens with two attached hydrogens (primary N) is 1. The minimum Gasteiger partial charge on any atom is -0.399 e. The molecule has 7 heteroatoms. The van der Waals surface area contributed by atoms with Crippen LogP contribution in [0.25, 0.3) is 11.0 Å². The van der Waals surface area contributed by atoms with Crippen molar-refractivity contribution in [1.29, 1.82) is 0 Å². The van der Waals surface area contributed by atoms with Crippen molar-refractivity contribution in [2.75, 3.05) is 5.73 Å². The zero-order valence-corrected chi connectivity index (χ0v) is 8.95. The molecule has 3 aromatic rings. The number of anilines is 1. The summed E-state index contributed by atoms with van der Waals surface area (Å²) in [6, 6.07) is 5.56. The molecule has 0 aliphatic heterocycles. The molecule has 0 saturated heterocycles. The quantitative estimate of drug-likeness (QED) is 0.580. The smallest absolute Gasteiger partial charge is 0.191 e. The van der Waals surface area contributed by atoms with Gasteiger partial charge in [0.05, 0.1) is 11.0 Å². The SMILES string of the molecule is Nc1ccc2nc(Sc3ncn[nH]3)[nH]c2c1. The minimum atomic E-state index is 0.701. The molecule has 0 amide bonds. The normalized spacial score (nSPS) is 11.0. The van der Waals surface area contributed by atoms with Gasteiger partial charge in [0, 0.05) is 5.69 Å². The number of H-pyrrole nitrogens is 2. The number of benzene rings is 1. The fourth-order valence-electron chi connectivity index (χ4n) is 1.39. The van der Waals surface area contributed by atoms with Gasteiger partial charge in [-0.25, -0.2) is 9.97 Å². The second kappa shape index (κ2) is 3.53. The van der Waals surface area contributed by atoms with Crippen molar-refractivity contribution >= 4 is 28.5 Å². The third kappa shape index (κ3) is 1.61. The Bertz CT molecular complexity index is 614. The summed E-state index contributed by atoms with van der Waals surface area (Å²) in [5.41, 5.74) is 8.21. The minimum absolute atomic E-state index is 0.701. The average molecular weight is 232 g/mol. The molecule has 16 heavy (non-hydrogen) atoms. The molecule has 2 aromatic heterocycles. The second-order valence-corrected chi connectivity index (χ2v) is 4.19. The molecule has 0 bridgehead atoms. The Hall–Kier alpha value is -2.02. The molecular weight excluding hydrogens is 224 g/mol. The molecule has 3 rings (SSSR count). The van der Waals surface area contributed by atoms with E-state index >= 15 is 0 Å². The summed E-state index contributed by atoms with van der Waals surface area (Å²) in [6.45, 7) is 0. The van der Waals surface area contributed by atoms with Gasteiger partial charge >= 0.3 is 0 Å². The van der Waals surface area contributed by atoms with Crippen LogP contribution < -0.4 is 5.73 Å². The Morgan fingerprint density at radius 1 is 1.25 bits per heavy atom. The number of aromatic nitrogens is 5. The second-order valence-electron chi connectivity index (χ2n) is 3.21. The Kier molecular flexibility index (Phi) is 2.03. The summed E-state index contributed by atoms with van der Waals surface area (Å²) in [5, 5.41) is 7.99. The van der Waals surface area contributed by atoms with E-state index < -0.39 is 0 Å². The van der Waals surface area contributed by atoms with Crippen molar-refractivity contribution < 1.29 is 0 Å². The number of rotatable bonds is 2. The van der Waals surface area contributed by atoms with Crippen molar-refractivity contribution in [3.8, 4) is 0 Å². The first-order chi connectivity index (χ1) is 7.81. The molecule has 0 fully saturated rings. The maximum absolute atomic E-state index is 5.69. The van der Waals surface area contributed by atoms with Crippen molar-refractivity contribution in [2.45, 2.75) is 10.3 Å². The highest BCUT2D eigenvalue weighted by molar-refractivity contribution is 7.99. The zero-order chi connectivity index (χ0) is 11.0. The summed E-state index contributed by atoms with van der Waals surface area (Å²) in [4.78, 5) is 11.6. The first kappa shape index (κ1) is 9.22. The Morgan fingerprint density at radius 3 is 3.00 bits per heavy atom. The number of nitrogens with zero attached hydrogens (tertiary/aromatic N) is 3. The Morgan fingerprint density at radius 2 is 2.19 bits per heavy atom. The number of nitrogen functional groups attached to an aromatic ring is 1. The molecule has 0 radical (unpaired) electrons. The monoisotopic (exact) mass is 232 g/mol. The third-order valence-corrected chi connectivity index (χ3v) is 2.85. The molecule has 2 heterocycles. The van der Waals surface area contributed by atoms with Gasteiger partial charge in [-0.05, 0) is 30.0 Å². The summed E-state index contributed by atoms with van der Waals surface area (Å²) < 4.78 is 0. The maximum Gasteiger partial charge on any atom is 0.191 e. The van der Waals surface area contributed by atoms with Gasteiger partial charge in [0.25, 0.3) is 0 Å². The van der Waals surface area contributed by atoms with Crippen LogP contribution in [0.4, 0.5) is 5.69 Å². The molecular formula is C9H8N6S. The lowest BCUT2D eigenvalue weighted by molar-refractivity contribution is 0.961. The van der Waals surface area contributed by atoms with Crippen LogP contribution in [0.5, 0.6) is 0 Å². The topological polar surface area (TPSA) is 96.3 Å². The predicted molar refractivity (Wildman–Crippen MR) is 61.0 cm³/mol. The van der Waals surface area contributed by atoms with Crippen molar-refractivity contribution in [3.63, 3.8) is 0 Å². The van der Waals surface area contributed by atoms with Gasteiger partial charge in [0.2, 0.25) is 0 Å². The first-order valence-corrected chi connectivity index (χ1v) is 5.41. The molecule has 6 nitrogen and oxygen atoms in total. The van der Waals surface area contributed by atoms with Crippen LogP contribution in [-0.4, -0.2) is 25.1 Å². The van der Waals surface area contributed by atoms with E-state index in [0.29, 0.717) is 10.8 Å². The van der Waals surface area contributed by atoms with Crippen LogP contribution in [0.1, 0.15) is 0 Å². The molecule has 80 valence electrons. The van der Waals surface area contributed by atoms with E-state index in [0.717, 1.165) is 16.2 Å². The number of imidazole rings is 1. The standard InChI is InChI=1S/C9H8N6S/c10-5-1-2-6-7(3-5)14-9(13-6)16-8-11-4-12-15-8/h1-4H,10H2,(H,13,14)(H,11,12,15). The Balaban J connectivity index is 1.99. The van der Waals surface area contributed by atoms with Gasteiger partial charge in [-0.1, -0.05) is 0 Å². The van der Waals surface area contributed by atoms with E-state index in [9.17, 15) is 0 Å². The fraction of sp³-hybridized carbons (Fsp3) is 0. The molecule has 0 aliphatic rings. The molecule has 0 spiro atoms. The van der Waals surface area contributed by atoms with Gasteiger partial charge in [-0.15, -0.1) is 0 Å². The van der Waals surface area contributed by atoms with Gasteiger partial charge in [-0.3, -0.25) is 5.10 Å². The van der Waals surface area contributed by atoms with E-state index in [4.69, 9.17) is 5.73 Å². The lowest BCUT2D eigenvalue weighted by Gasteiger charge is -1.90. The summed E-state index contributed by atoms with van der Waals surface area (Å²) in [5.74, 6) is 0. The van der Waals surface area contributed by atoms with Crippen molar-refractivity contribution in [2.24, 2.45) is 0 Å². The predicted octanol–water partition coefficient (Wildman–Crippen LogP) is 1.41. The number of nitrogens with one attached hydrogen (secondary N) is 2. The number of hydrogen-bond donors (Lipinski definition) is 3. The van der Waals surface area contributed by atoms with E-state index in [1.54, 1.807) is 0 Å². The molecule has 0 unspecified atom stereocenters. The highest BCUT2D eigenvalue weighted by atomic mass is 32.2. The summed E-state index contributed by atoms with van der Waals surface area (Å²) >= 11 is 1.39. The van der Waals surface area contributed by atoms with Gasteiger partial charge < -0.3 is 10.7 Å². The zero-order valence-electron chi connectivity index (χ0n) is 8.14.